The SMILES string of the molecule is COc1cc(Br)cnc1Cn1nc(I)c2nc(NC(=O)O)nc(O)c21. The van der Waals surface area contributed by atoms with Gasteiger partial charge >= 0.3 is 6.09 Å². The summed E-state index contributed by atoms with van der Waals surface area (Å²) in [6.07, 6.45) is 0.296. The lowest BCUT2D eigenvalue weighted by molar-refractivity contribution is 0.209. The number of aromatic hydroxyl groups is 1. The van der Waals surface area contributed by atoms with Crippen LogP contribution < -0.4 is 10.1 Å². The number of halogens is 2. The second-order valence-electron chi connectivity index (χ2n) is 4.75. The number of fused-ring (bicyclic) bond motifs is 1. The largest absolute Gasteiger partial charge is 0.495 e. The van der Waals surface area contributed by atoms with Gasteiger partial charge in [-0.15, -0.1) is 0 Å². The molecule has 3 aromatic rings. The van der Waals surface area contributed by atoms with E-state index in [1.165, 1.54) is 11.8 Å². The number of anilines is 1. The van der Waals surface area contributed by atoms with Crippen molar-refractivity contribution in [2.75, 3.05) is 12.4 Å². The molecule has 130 valence electrons. The highest BCUT2D eigenvalue weighted by Crippen LogP contribution is 2.29. The summed E-state index contributed by atoms with van der Waals surface area (Å²) in [5.74, 6) is -0.0628. The number of nitrogens with zero attached hydrogens (tertiary/aromatic N) is 5. The number of hydrogen-bond acceptors (Lipinski definition) is 7. The number of aromatic nitrogens is 5. The van der Waals surface area contributed by atoms with E-state index in [1.807, 2.05) is 27.9 Å². The van der Waals surface area contributed by atoms with Crippen molar-refractivity contribution in [3.63, 3.8) is 0 Å². The Morgan fingerprint density at radius 3 is 2.92 bits per heavy atom. The second-order valence-corrected chi connectivity index (χ2v) is 6.69. The van der Waals surface area contributed by atoms with Crippen LogP contribution in [0, 0.1) is 3.70 Å². The van der Waals surface area contributed by atoms with Crippen molar-refractivity contribution >= 4 is 61.6 Å². The zero-order valence-electron chi connectivity index (χ0n) is 12.6. The van der Waals surface area contributed by atoms with Crippen LogP contribution >= 0.6 is 38.5 Å². The summed E-state index contributed by atoms with van der Waals surface area (Å²) < 4.78 is 8.04. The van der Waals surface area contributed by atoms with Crippen LogP contribution in [0.3, 0.4) is 0 Å². The Kier molecular flexibility index (Phi) is 4.89. The van der Waals surface area contributed by atoms with Gasteiger partial charge in [-0.3, -0.25) is 15.0 Å². The molecule has 0 bridgehead atoms. The second kappa shape index (κ2) is 6.95. The summed E-state index contributed by atoms with van der Waals surface area (Å²) in [6, 6.07) is 1.77. The van der Waals surface area contributed by atoms with Crippen LogP contribution in [0.1, 0.15) is 5.69 Å². The van der Waals surface area contributed by atoms with Crippen molar-refractivity contribution in [2.45, 2.75) is 6.54 Å². The minimum Gasteiger partial charge on any atom is -0.495 e. The Morgan fingerprint density at radius 2 is 2.24 bits per heavy atom. The molecule has 1 amide bonds. The Bertz CT molecular complexity index is 979. The maximum Gasteiger partial charge on any atom is 0.411 e. The Balaban J connectivity index is 2.07. The number of carboxylic acid groups (broad SMARTS) is 1. The highest BCUT2D eigenvalue weighted by molar-refractivity contribution is 14.1. The fourth-order valence-corrected chi connectivity index (χ4v) is 3.13. The maximum absolute atomic E-state index is 10.7. The molecule has 3 N–H and O–H groups in total. The summed E-state index contributed by atoms with van der Waals surface area (Å²) in [4.78, 5) is 22.8. The van der Waals surface area contributed by atoms with Crippen LogP contribution in [-0.4, -0.2) is 48.1 Å². The number of ether oxygens (including phenoxy) is 1. The standard InChI is InChI=1S/C13H10BrIN6O4/c1-25-7-2-5(14)3-16-6(7)4-21-9-8(10(15)20-21)17-12(18-11(9)22)19-13(23)24/h2-3H,4H2,1H3,(H,23,24)(H2,17,18,19,22). The van der Waals surface area contributed by atoms with Crippen molar-refractivity contribution < 1.29 is 19.7 Å². The van der Waals surface area contributed by atoms with E-state index in [9.17, 15) is 9.90 Å². The van der Waals surface area contributed by atoms with Gasteiger partial charge in [-0.25, -0.2) is 9.78 Å². The molecule has 0 saturated heterocycles. The van der Waals surface area contributed by atoms with Crippen LogP contribution in [0.15, 0.2) is 16.7 Å². The highest BCUT2D eigenvalue weighted by Gasteiger charge is 2.19. The van der Waals surface area contributed by atoms with E-state index in [0.717, 1.165) is 4.47 Å². The first-order chi connectivity index (χ1) is 11.9. The van der Waals surface area contributed by atoms with E-state index in [-0.39, 0.29) is 23.9 Å². The number of nitrogens with one attached hydrogen (secondary N) is 1. The predicted octanol–water partition coefficient (Wildman–Crippen LogP) is 2.44. The van der Waals surface area contributed by atoms with Crippen molar-refractivity contribution in [3.05, 3.63) is 26.1 Å². The van der Waals surface area contributed by atoms with Crippen LogP contribution in [0.5, 0.6) is 11.6 Å². The van der Waals surface area contributed by atoms with E-state index in [1.54, 1.807) is 12.3 Å². The lowest BCUT2D eigenvalue weighted by Gasteiger charge is -2.09. The van der Waals surface area contributed by atoms with Crippen molar-refractivity contribution in [1.29, 1.82) is 0 Å². The van der Waals surface area contributed by atoms with Crippen molar-refractivity contribution in [1.82, 2.24) is 24.7 Å². The molecule has 0 aliphatic heterocycles. The molecule has 3 aromatic heterocycles. The first kappa shape index (κ1) is 17.6. The van der Waals surface area contributed by atoms with Crippen LogP contribution in [0.2, 0.25) is 0 Å². The summed E-state index contributed by atoms with van der Waals surface area (Å²) in [5.41, 5.74) is 1.19. The van der Waals surface area contributed by atoms with Crippen molar-refractivity contribution in [3.8, 4) is 11.6 Å². The molecule has 0 aliphatic rings. The molecule has 0 fully saturated rings. The zero-order valence-corrected chi connectivity index (χ0v) is 16.3. The molecule has 12 heteroatoms. The van der Waals surface area contributed by atoms with Crippen LogP contribution in [-0.2, 0) is 6.54 Å². The molecule has 0 aliphatic carbocycles. The van der Waals surface area contributed by atoms with E-state index < -0.39 is 6.09 Å². The normalized spacial score (nSPS) is 10.8. The van der Waals surface area contributed by atoms with E-state index in [4.69, 9.17) is 9.84 Å². The number of rotatable bonds is 4. The minimum absolute atomic E-state index is 0.207. The van der Waals surface area contributed by atoms with Gasteiger partial charge in [-0.05, 0) is 44.6 Å². The molecule has 10 nitrogen and oxygen atoms in total. The van der Waals surface area contributed by atoms with Gasteiger partial charge in [0.05, 0.1) is 13.7 Å². The molecule has 0 aromatic carbocycles. The quantitative estimate of drug-likeness (QED) is 0.446. The van der Waals surface area contributed by atoms with Gasteiger partial charge in [-0.2, -0.15) is 10.1 Å². The first-order valence-corrected chi connectivity index (χ1v) is 8.57. The molecule has 3 rings (SSSR count). The Morgan fingerprint density at radius 1 is 1.48 bits per heavy atom. The van der Waals surface area contributed by atoms with E-state index in [0.29, 0.717) is 20.7 Å². The van der Waals surface area contributed by atoms with Gasteiger partial charge in [0.15, 0.2) is 5.52 Å². The summed E-state index contributed by atoms with van der Waals surface area (Å²) in [5, 5.41) is 25.3. The van der Waals surface area contributed by atoms with E-state index >= 15 is 0 Å². The molecule has 0 unspecified atom stereocenters. The third-order valence-corrected chi connectivity index (χ3v) is 4.32. The summed E-state index contributed by atoms with van der Waals surface area (Å²) in [6.45, 7) is 0.207. The molecular formula is C13H10BrIN6O4. The molecule has 0 spiro atoms. The first-order valence-electron chi connectivity index (χ1n) is 6.70. The third kappa shape index (κ3) is 3.58. The molecular weight excluding hydrogens is 511 g/mol. The summed E-state index contributed by atoms with van der Waals surface area (Å²) in [7, 11) is 1.53. The molecule has 3 heterocycles. The molecule has 0 atom stereocenters. The molecule has 25 heavy (non-hydrogen) atoms. The molecule has 0 saturated carbocycles. The fourth-order valence-electron chi connectivity index (χ4n) is 2.18. The molecule has 0 radical (unpaired) electrons. The van der Waals surface area contributed by atoms with Crippen LogP contribution in [0.4, 0.5) is 10.7 Å². The lowest BCUT2D eigenvalue weighted by Crippen LogP contribution is -2.11. The lowest BCUT2D eigenvalue weighted by atomic mass is 10.3. The Labute approximate surface area is 162 Å². The highest BCUT2D eigenvalue weighted by atomic mass is 127. The Hall–Kier alpha value is -2.22. The van der Waals surface area contributed by atoms with Gasteiger partial charge in [0, 0.05) is 10.7 Å². The van der Waals surface area contributed by atoms with E-state index in [2.05, 4.69) is 36.0 Å². The van der Waals surface area contributed by atoms with Gasteiger partial charge in [-0.1, -0.05) is 0 Å². The zero-order chi connectivity index (χ0) is 18.1. The fraction of sp³-hybridized carbons (Fsp3) is 0.154. The number of pyridine rings is 1. The topological polar surface area (TPSA) is 135 Å². The monoisotopic (exact) mass is 520 g/mol. The number of hydrogen-bond donors (Lipinski definition) is 3. The predicted molar refractivity (Wildman–Crippen MR) is 98.9 cm³/mol. The number of carbonyl (C=O) groups is 1. The average Bonchev–Trinajstić information content (AvgIpc) is 2.85. The van der Waals surface area contributed by atoms with Crippen LogP contribution in [0.25, 0.3) is 11.0 Å². The van der Waals surface area contributed by atoms with Gasteiger partial charge in [0.25, 0.3) is 0 Å². The van der Waals surface area contributed by atoms with Crippen molar-refractivity contribution in [2.24, 2.45) is 0 Å². The van der Waals surface area contributed by atoms with Gasteiger partial charge in [0.2, 0.25) is 11.8 Å². The average molecular weight is 521 g/mol. The maximum atomic E-state index is 10.7. The summed E-state index contributed by atoms with van der Waals surface area (Å²) >= 11 is 5.27. The minimum atomic E-state index is -1.33. The number of amides is 1. The third-order valence-electron chi connectivity index (χ3n) is 3.16. The number of methoxy groups -OCH3 is 1. The van der Waals surface area contributed by atoms with Gasteiger partial charge < -0.3 is 14.9 Å². The van der Waals surface area contributed by atoms with Gasteiger partial charge in [0.1, 0.15) is 20.7 Å². The smallest absolute Gasteiger partial charge is 0.411 e.